The zero-order valence-electron chi connectivity index (χ0n) is 12.1. The summed E-state index contributed by atoms with van der Waals surface area (Å²) in [6.45, 7) is 7.67. The van der Waals surface area contributed by atoms with Crippen molar-refractivity contribution in [2.24, 2.45) is 0 Å². The fourth-order valence-corrected chi connectivity index (χ4v) is 2.74. The molecule has 0 amide bonds. The summed E-state index contributed by atoms with van der Waals surface area (Å²) in [5.74, 6) is 0.795. The summed E-state index contributed by atoms with van der Waals surface area (Å²) in [6.07, 6.45) is 4.68. The van der Waals surface area contributed by atoms with Gasteiger partial charge in [0.05, 0.1) is 29.4 Å². The lowest BCUT2D eigenvalue weighted by Gasteiger charge is -2.18. The van der Waals surface area contributed by atoms with Crippen molar-refractivity contribution in [1.82, 2.24) is 19.9 Å². The van der Waals surface area contributed by atoms with E-state index in [-0.39, 0.29) is 6.04 Å². The molecule has 0 aliphatic rings. The summed E-state index contributed by atoms with van der Waals surface area (Å²) in [5, 5.41) is 7.64. The van der Waals surface area contributed by atoms with E-state index in [0.29, 0.717) is 6.61 Å². The average Bonchev–Trinajstić information content (AvgIpc) is 2.87. The summed E-state index contributed by atoms with van der Waals surface area (Å²) in [4.78, 5) is 5.40. The second-order valence-electron chi connectivity index (χ2n) is 4.50. The molecule has 0 aromatic carbocycles. The zero-order chi connectivity index (χ0) is 14.4. The van der Waals surface area contributed by atoms with Gasteiger partial charge in [-0.2, -0.15) is 0 Å². The minimum Gasteiger partial charge on any atom is -0.492 e. The van der Waals surface area contributed by atoms with Crippen LogP contribution >= 0.6 is 11.5 Å². The maximum Gasteiger partial charge on any atom is 0.137 e. The molecule has 0 aliphatic heterocycles. The molecule has 6 heteroatoms. The second-order valence-corrected chi connectivity index (χ2v) is 5.28. The summed E-state index contributed by atoms with van der Waals surface area (Å²) in [6, 6.07) is 2.10. The van der Waals surface area contributed by atoms with E-state index in [9.17, 15) is 0 Å². The monoisotopic (exact) mass is 292 g/mol. The van der Waals surface area contributed by atoms with Gasteiger partial charge in [0.1, 0.15) is 5.75 Å². The topological polar surface area (TPSA) is 59.9 Å². The van der Waals surface area contributed by atoms with Crippen LogP contribution < -0.4 is 10.1 Å². The van der Waals surface area contributed by atoms with E-state index < -0.39 is 0 Å². The number of hydrogen-bond donors (Lipinski definition) is 1. The number of hydrogen-bond acceptors (Lipinski definition) is 6. The molecule has 1 atom stereocenters. The largest absolute Gasteiger partial charge is 0.492 e. The first kappa shape index (κ1) is 14.9. The number of aromatic nitrogens is 3. The normalized spacial score (nSPS) is 12.3. The molecule has 1 N–H and O–H groups in total. The van der Waals surface area contributed by atoms with Crippen molar-refractivity contribution in [3.63, 3.8) is 0 Å². The van der Waals surface area contributed by atoms with Crippen LogP contribution in [0.4, 0.5) is 0 Å². The van der Waals surface area contributed by atoms with Crippen LogP contribution in [0.5, 0.6) is 5.75 Å². The van der Waals surface area contributed by atoms with Gasteiger partial charge >= 0.3 is 0 Å². The predicted molar refractivity (Wildman–Crippen MR) is 80.2 cm³/mol. The quantitative estimate of drug-likeness (QED) is 0.850. The van der Waals surface area contributed by atoms with Crippen molar-refractivity contribution < 1.29 is 4.74 Å². The molecule has 0 fully saturated rings. The minimum atomic E-state index is 0.0721. The van der Waals surface area contributed by atoms with Gasteiger partial charge in [0, 0.05) is 6.20 Å². The molecule has 5 nitrogen and oxygen atoms in total. The van der Waals surface area contributed by atoms with Gasteiger partial charge in [0.25, 0.3) is 0 Å². The molecule has 2 aromatic heterocycles. The summed E-state index contributed by atoms with van der Waals surface area (Å²) < 4.78 is 9.57. The molecule has 2 heterocycles. The van der Waals surface area contributed by atoms with Crippen LogP contribution in [-0.2, 0) is 0 Å². The number of pyridine rings is 1. The van der Waals surface area contributed by atoms with Crippen molar-refractivity contribution in [3.8, 4) is 5.75 Å². The Morgan fingerprint density at radius 2 is 2.20 bits per heavy atom. The maximum absolute atomic E-state index is 5.53. The molecule has 2 rings (SSSR count). The van der Waals surface area contributed by atoms with Crippen molar-refractivity contribution in [2.45, 2.75) is 33.2 Å². The third-order valence-electron chi connectivity index (χ3n) is 2.93. The number of ether oxygens (including phenoxy) is 1. The lowest BCUT2D eigenvalue weighted by Crippen LogP contribution is -2.23. The van der Waals surface area contributed by atoms with Gasteiger partial charge in [-0.15, -0.1) is 5.10 Å². The van der Waals surface area contributed by atoms with E-state index >= 15 is 0 Å². The van der Waals surface area contributed by atoms with Crippen LogP contribution in [0, 0.1) is 6.92 Å². The second kappa shape index (κ2) is 7.31. The van der Waals surface area contributed by atoms with Crippen LogP contribution in [0.25, 0.3) is 0 Å². The summed E-state index contributed by atoms with van der Waals surface area (Å²) in [7, 11) is 0. The SMILES string of the molecule is CCCNC(c1cncc(OCC)c1)c1snnc1C. The molecule has 0 bridgehead atoms. The fourth-order valence-electron chi connectivity index (χ4n) is 1.99. The average molecular weight is 292 g/mol. The highest BCUT2D eigenvalue weighted by atomic mass is 32.1. The third kappa shape index (κ3) is 3.52. The smallest absolute Gasteiger partial charge is 0.137 e. The molecule has 108 valence electrons. The highest BCUT2D eigenvalue weighted by Crippen LogP contribution is 2.28. The van der Waals surface area contributed by atoms with Crippen LogP contribution in [-0.4, -0.2) is 27.7 Å². The van der Waals surface area contributed by atoms with Crippen LogP contribution in [0.1, 0.15) is 42.4 Å². The Bertz CT molecular complexity index is 543. The predicted octanol–water partition coefficient (Wildman–Crippen LogP) is 2.73. The number of nitrogens with one attached hydrogen (secondary N) is 1. The Labute approximate surface area is 123 Å². The Kier molecular flexibility index (Phi) is 5.43. The number of rotatable bonds is 7. The van der Waals surface area contributed by atoms with Crippen molar-refractivity contribution in [2.75, 3.05) is 13.2 Å². The molecule has 1 unspecified atom stereocenters. The zero-order valence-corrected chi connectivity index (χ0v) is 12.9. The third-order valence-corrected chi connectivity index (χ3v) is 3.82. The molecule has 2 aromatic rings. The van der Waals surface area contributed by atoms with Crippen LogP contribution in [0.3, 0.4) is 0 Å². The lowest BCUT2D eigenvalue weighted by molar-refractivity contribution is 0.338. The lowest BCUT2D eigenvalue weighted by atomic mass is 10.1. The first-order valence-electron chi connectivity index (χ1n) is 6.86. The van der Waals surface area contributed by atoms with Gasteiger partial charge in [-0.05, 0) is 50.0 Å². The molecular formula is C14H20N4OS. The minimum absolute atomic E-state index is 0.0721. The van der Waals surface area contributed by atoms with E-state index in [4.69, 9.17) is 4.74 Å². The van der Waals surface area contributed by atoms with Crippen molar-refractivity contribution in [1.29, 1.82) is 0 Å². The van der Waals surface area contributed by atoms with E-state index in [0.717, 1.165) is 34.8 Å². The van der Waals surface area contributed by atoms with Crippen molar-refractivity contribution >= 4 is 11.5 Å². The van der Waals surface area contributed by atoms with Crippen LogP contribution in [0.15, 0.2) is 18.5 Å². The molecule has 20 heavy (non-hydrogen) atoms. The fraction of sp³-hybridized carbons (Fsp3) is 0.500. The number of aryl methyl sites for hydroxylation is 1. The molecule has 0 radical (unpaired) electrons. The number of nitrogens with zero attached hydrogens (tertiary/aromatic N) is 3. The molecule has 0 aliphatic carbocycles. The van der Waals surface area contributed by atoms with E-state index in [1.54, 1.807) is 6.20 Å². The van der Waals surface area contributed by atoms with E-state index in [1.807, 2.05) is 26.1 Å². The van der Waals surface area contributed by atoms with E-state index in [1.165, 1.54) is 11.5 Å². The summed E-state index contributed by atoms with van der Waals surface area (Å²) >= 11 is 1.43. The first-order valence-corrected chi connectivity index (χ1v) is 7.63. The highest BCUT2D eigenvalue weighted by Gasteiger charge is 2.19. The Balaban J connectivity index is 2.31. The Morgan fingerprint density at radius 3 is 2.85 bits per heavy atom. The van der Waals surface area contributed by atoms with Gasteiger partial charge in [-0.3, -0.25) is 4.98 Å². The van der Waals surface area contributed by atoms with Gasteiger partial charge < -0.3 is 10.1 Å². The molecule has 0 saturated carbocycles. The van der Waals surface area contributed by atoms with Gasteiger partial charge in [-0.1, -0.05) is 11.4 Å². The van der Waals surface area contributed by atoms with Crippen molar-refractivity contribution in [3.05, 3.63) is 34.6 Å². The Hall–Kier alpha value is -1.53. The summed E-state index contributed by atoms with van der Waals surface area (Å²) in [5.41, 5.74) is 2.05. The van der Waals surface area contributed by atoms with Crippen LogP contribution in [0.2, 0.25) is 0 Å². The van der Waals surface area contributed by atoms with E-state index in [2.05, 4.69) is 26.8 Å². The van der Waals surface area contributed by atoms with Gasteiger partial charge in [0.15, 0.2) is 0 Å². The van der Waals surface area contributed by atoms with Gasteiger partial charge in [0.2, 0.25) is 0 Å². The molecule has 0 saturated heterocycles. The van der Waals surface area contributed by atoms with Gasteiger partial charge in [-0.25, -0.2) is 0 Å². The maximum atomic E-state index is 5.53. The first-order chi connectivity index (χ1) is 9.76. The standard InChI is InChI=1S/C14H20N4OS/c1-4-6-16-13(14-10(3)17-18-20-14)11-7-12(19-5-2)9-15-8-11/h7-9,13,16H,4-6H2,1-3H3. The molecule has 0 spiro atoms. The Morgan fingerprint density at radius 1 is 1.35 bits per heavy atom. The highest BCUT2D eigenvalue weighted by molar-refractivity contribution is 7.05. The molecular weight excluding hydrogens is 272 g/mol.